The number of amides is 1. The van der Waals surface area contributed by atoms with Gasteiger partial charge in [0.25, 0.3) is 15.9 Å². The maximum atomic E-state index is 13.4. The molecule has 1 amide bonds. The summed E-state index contributed by atoms with van der Waals surface area (Å²) in [4.78, 5) is 28.6. The van der Waals surface area contributed by atoms with Crippen molar-refractivity contribution >= 4 is 38.3 Å². The lowest BCUT2D eigenvalue weighted by Crippen LogP contribution is -2.15. The number of carbonyl (C=O) groups is 1. The summed E-state index contributed by atoms with van der Waals surface area (Å²) in [7, 11) is -4.20. The van der Waals surface area contributed by atoms with Crippen LogP contribution in [0.1, 0.15) is 10.4 Å². The predicted molar refractivity (Wildman–Crippen MR) is 110 cm³/mol. The topological polar surface area (TPSA) is 124 Å². The molecule has 1 heterocycles. The minimum Gasteiger partial charge on any atom is -0.322 e. The van der Waals surface area contributed by atoms with E-state index in [0.717, 1.165) is 6.07 Å². The largest absolute Gasteiger partial charge is 0.323 e. The predicted octanol–water partition coefficient (Wildman–Crippen LogP) is 3.19. The van der Waals surface area contributed by atoms with Gasteiger partial charge in [-0.2, -0.15) is 0 Å². The molecule has 3 aromatic carbocycles. The molecule has 0 saturated heterocycles. The zero-order valence-corrected chi connectivity index (χ0v) is 16.4. The number of imidazole rings is 1. The van der Waals surface area contributed by atoms with Gasteiger partial charge < -0.3 is 15.3 Å². The molecule has 0 aliphatic rings. The van der Waals surface area contributed by atoms with Gasteiger partial charge in [-0.25, -0.2) is 22.0 Å². The molecule has 0 spiro atoms. The van der Waals surface area contributed by atoms with Crippen molar-refractivity contribution in [1.29, 1.82) is 0 Å². The Kier molecular flexibility index (Phi) is 5.03. The zero-order valence-electron chi connectivity index (χ0n) is 15.6. The molecule has 0 fully saturated rings. The SMILES string of the molecule is O=C(Nc1ccc2[nH]c(=O)[nH]c2c1)c1cccc(NS(=O)(=O)c2ccc(F)c(F)c2)c1. The second-order valence-corrected chi connectivity index (χ2v) is 8.24. The number of hydrogen-bond donors (Lipinski definition) is 4. The fourth-order valence-corrected chi connectivity index (χ4v) is 3.96. The summed E-state index contributed by atoms with van der Waals surface area (Å²) in [5, 5.41) is 2.65. The highest BCUT2D eigenvalue weighted by atomic mass is 32.2. The molecule has 4 rings (SSSR count). The minimum absolute atomic E-state index is 0.0581. The molecule has 0 unspecified atom stereocenters. The molecule has 0 saturated carbocycles. The van der Waals surface area contributed by atoms with Crippen molar-refractivity contribution in [2.24, 2.45) is 0 Å². The Hall–Kier alpha value is -3.99. The van der Waals surface area contributed by atoms with E-state index in [4.69, 9.17) is 0 Å². The van der Waals surface area contributed by atoms with E-state index in [9.17, 15) is 26.8 Å². The third-order valence-electron chi connectivity index (χ3n) is 4.35. The molecule has 158 valence electrons. The van der Waals surface area contributed by atoms with E-state index in [0.29, 0.717) is 28.9 Å². The fraction of sp³-hybridized carbons (Fsp3) is 0. The van der Waals surface area contributed by atoms with Gasteiger partial charge in [0.05, 0.1) is 15.9 Å². The monoisotopic (exact) mass is 444 g/mol. The number of aromatic amines is 2. The Morgan fingerprint density at radius 3 is 2.39 bits per heavy atom. The highest BCUT2D eigenvalue weighted by Crippen LogP contribution is 2.20. The Morgan fingerprint density at radius 2 is 1.61 bits per heavy atom. The van der Waals surface area contributed by atoms with Crippen LogP contribution in [0.2, 0.25) is 0 Å². The van der Waals surface area contributed by atoms with Crippen LogP contribution in [0.3, 0.4) is 0 Å². The average Bonchev–Trinajstić information content (AvgIpc) is 3.09. The molecule has 31 heavy (non-hydrogen) atoms. The van der Waals surface area contributed by atoms with Gasteiger partial charge in [-0.1, -0.05) is 6.07 Å². The molecule has 8 nitrogen and oxygen atoms in total. The number of carbonyl (C=O) groups excluding carboxylic acids is 1. The first-order valence-corrected chi connectivity index (χ1v) is 10.3. The number of sulfonamides is 1. The minimum atomic E-state index is -4.20. The van der Waals surface area contributed by atoms with E-state index in [1.165, 1.54) is 24.3 Å². The standard InChI is InChI=1S/C20H14F2N4O4S/c21-15-6-5-14(10-16(15)22)31(29,30)26-13-3-1-2-11(8-13)19(27)23-12-4-7-17-18(9-12)25-20(28)24-17/h1-10,26H,(H,23,27)(H2,24,25,28). The maximum Gasteiger partial charge on any atom is 0.323 e. The molecular weight excluding hydrogens is 430 g/mol. The quantitative estimate of drug-likeness (QED) is 0.377. The van der Waals surface area contributed by atoms with Crippen LogP contribution in [0.5, 0.6) is 0 Å². The van der Waals surface area contributed by atoms with Crippen LogP contribution in [0, 0.1) is 11.6 Å². The first-order chi connectivity index (χ1) is 14.7. The number of halogens is 2. The number of H-pyrrole nitrogens is 2. The van der Waals surface area contributed by atoms with Crippen LogP contribution < -0.4 is 15.7 Å². The van der Waals surface area contributed by atoms with Crippen LogP contribution in [0.4, 0.5) is 20.2 Å². The highest BCUT2D eigenvalue weighted by molar-refractivity contribution is 7.92. The van der Waals surface area contributed by atoms with Crippen molar-refractivity contribution in [3.8, 4) is 0 Å². The normalized spacial score (nSPS) is 11.4. The number of aromatic nitrogens is 2. The summed E-state index contributed by atoms with van der Waals surface area (Å²) in [6.45, 7) is 0. The number of anilines is 2. The molecule has 1 aromatic heterocycles. The summed E-state index contributed by atoms with van der Waals surface area (Å²) in [5.74, 6) is -2.98. The number of nitrogens with one attached hydrogen (secondary N) is 4. The van der Waals surface area contributed by atoms with E-state index >= 15 is 0 Å². The van der Waals surface area contributed by atoms with Gasteiger partial charge in [0.1, 0.15) is 0 Å². The average molecular weight is 444 g/mol. The molecule has 0 aliphatic carbocycles. The van der Waals surface area contributed by atoms with E-state index in [2.05, 4.69) is 20.0 Å². The van der Waals surface area contributed by atoms with Crippen molar-refractivity contribution in [1.82, 2.24) is 9.97 Å². The van der Waals surface area contributed by atoms with Crippen LogP contribution >= 0.6 is 0 Å². The van der Waals surface area contributed by atoms with Gasteiger partial charge in [-0.05, 0) is 54.6 Å². The number of benzene rings is 3. The van der Waals surface area contributed by atoms with Crippen molar-refractivity contribution in [2.75, 3.05) is 10.0 Å². The summed E-state index contributed by atoms with van der Waals surface area (Å²) < 4.78 is 53.5. The smallest absolute Gasteiger partial charge is 0.322 e. The zero-order chi connectivity index (χ0) is 22.2. The van der Waals surface area contributed by atoms with Crippen molar-refractivity contribution in [3.05, 3.63) is 88.3 Å². The Bertz CT molecular complexity index is 1480. The molecular formula is C20H14F2N4O4S. The second kappa shape index (κ2) is 7.69. The third kappa shape index (κ3) is 4.31. The van der Waals surface area contributed by atoms with E-state index in [-0.39, 0.29) is 16.9 Å². The van der Waals surface area contributed by atoms with Crippen LogP contribution in [-0.2, 0) is 10.0 Å². The summed E-state index contributed by atoms with van der Waals surface area (Å²) in [6, 6.07) is 12.6. The van der Waals surface area contributed by atoms with Crippen molar-refractivity contribution in [3.63, 3.8) is 0 Å². The Labute approximate surface area is 174 Å². The van der Waals surface area contributed by atoms with Gasteiger partial charge in [-0.3, -0.25) is 9.52 Å². The third-order valence-corrected chi connectivity index (χ3v) is 5.73. The van der Waals surface area contributed by atoms with Gasteiger partial charge in [0, 0.05) is 16.9 Å². The van der Waals surface area contributed by atoms with E-state index in [1.54, 1.807) is 18.2 Å². The molecule has 0 aliphatic heterocycles. The molecule has 0 radical (unpaired) electrons. The highest BCUT2D eigenvalue weighted by Gasteiger charge is 2.17. The number of rotatable bonds is 5. The molecule has 4 N–H and O–H groups in total. The summed E-state index contributed by atoms with van der Waals surface area (Å²) >= 11 is 0. The molecule has 4 aromatic rings. The maximum absolute atomic E-state index is 13.4. The van der Waals surface area contributed by atoms with Gasteiger partial charge in [-0.15, -0.1) is 0 Å². The summed E-state index contributed by atoms with van der Waals surface area (Å²) in [5.41, 5.74) is 1.34. The first-order valence-electron chi connectivity index (χ1n) is 8.83. The summed E-state index contributed by atoms with van der Waals surface area (Å²) in [6.07, 6.45) is 0. The first kappa shape index (κ1) is 20.3. The fourth-order valence-electron chi connectivity index (χ4n) is 2.90. The van der Waals surface area contributed by atoms with Gasteiger partial charge >= 0.3 is 5.69 Å². The van der Waals surface area contributed by atoms with E-state index < -0.39 is 32.5 Å². The van der Waals surface area contributed by atoms with Crippen LogP contribution in [0.25, 0.3) is 11.0 Å². The van der Waals surface area contributed by atoms with Gasteiger partial charge in [0.2, 0.25) is 0 Å². The van der Waals surface area contributed by atoms with E-state index in [1.807, 2.05) is 0 Å². The lowest BCUT2D eigenvalue weighted by molar-refractivity contribution is 0.102. The van der Waals surface area contributed by atoms with Crippen molar-refractivity contribution in [2.45, 2.75) is 4.90 Å². The molecule has 11 heteroatoms. The Balaban J connectivity index is 1.54. The van der Waals surface area contributed by atoms with Crippen LogP contribution in [0.15, 0.2) is 70.4 Å². The van der Waals surface area contributed by atoms with Gasteiger partial charge in [0.15, 0.2) is 11.6 Å². The molecule has 0 atom stereocenters. The molecule has 0 bridgehead atoms. The van der Waals surface area contributed by atoms with Crippen LogP contribution in [-0.4, -0.2) is 24.3 Å². The second-order valence-electron chi connectivity index (χ2n) is 6.56. The lowest BCUT2D eigenvalue weighted by Gasteiger charge is -2.10. The van der Waals surface area contributed by atoms with Crippen molar-refractivity contribution < 1.29 is 22.0 Å². The number of fused-ring (bicyclic) bond motifs is 1. The Morgan fingerprint density at radius 1 is 0.839 bits per heavy atom. The lowest BCUT2D eigenvalue weighted by atomic mass is 10.2. The number of hydrogen-bond acceptors (Lipinski definition) is 4.